The van der Waals surface area contributed by atoms with Crippen molar-refractivity contribution in [1.29, 1.82) is 0 Å². The highest BCUT2D eigenvalue weighted by molar-refractivity contribution is 5.51. The van der Waals surface area contributed by atoms with Crippen LogP contribution in [0.1, 0.15) is 50.4 Å². The Morgan fingerprint density at radius 2 is 2.00 bits per heavy atom. The Morgan fingerprint density at radius 1 is 1.15 bits per heavy atom. The highest BCUT2D eigenvalue weighted by Gasteiger charge is 2.19. The van der Waals surface area contributed by atoms with Crippen LogP contribution in [0.5, 0.6) is 11.5 Å². The molecule has 0 N–H and O–H groups in total. The van der Waals surface area contributed by atoms with Gasteiger partial charge in [-0.2, -0.15) is 0 Å². The molecule has 1 saturated carbocycles. The number of rotatable bonds is 7. The quantitative estimate of drug-likeness (QED) is 0.630. The molecule has 2 heterocycles. The fourth-order valence-electron chi connectivity index (χ4n) is 3.68. The van der Waals surface area contributed by atoms with Crippen LogP contribution in [0.2, 0.25) is 0 Å². The second-order valence-electron chi connectivity index (χ2n) is 7.13. The zero-order valence-electron chi connectivity index (χ0n) is 16.0. The van der Waals surface area contributed by atoms with E-state index in [1.807, 2.05) is 17.0 Å². The molecule has 6 heteroatoms. The van der Waals surface area contributed by atoms with Crippen LogP contribution in [0.15, 0.2) is 30.7 Å². The summed E-state index contributed by atoms with van der Waals surface area (Å²) in [6, 6.07) is 6.12. The zero-order chi connectivity index (χ0) is 18.6. The van der Waals surface area contributed by atoms with E-state index in [1.54, 1.807) is 13.3 Å². The minimum atomic E-state index is 0.296. The standard InChI is InChI=1S/C21H26N4O2/c1-3-6-20-23-17-12-22-14-25(21(17)24-20)13-15-9-10-18(26-2)19(11-15)27-16-7-4-5-8-16/h9-12,14,16H,3-8,13H2,1-2H3. The van der Waals surface area contributed by atoms with Crippen molar-refractivity contribution in [3.63, 3.8) is 0 Å². The maximum absolute atomic E-state index is 6.22. The number of fused-ring (bicyclic) bond motifs is 1. The summed E-state index contributed by atoms with van der Waals surface area (Å²) >= 11 is 0. The monoisotopic (exact) mass is 366 g/mol. The predicted molar refractivity (Wildman–Crippen MR) is 103 cm³/mol. The fourth-order valence-corrected chi connectivity index (χ4v) is 3.68. The van der Waals surface area contributed by atoms with Gasteiger partial charge in [0.15, 0.2) is 17.3 Å². The first-order valence-corrected chi connectivity index (χ1v) is 9.77. The van der Waals surface area contributed by atoms with Crippen LogP contribution in [0.3, 0.4) is 0 Å². The number of hydrogen-bond acceptors (Lipinski definition) is 5. The molecule has 27 heavy (non-hydrogen) atoms. The van der Waals surface area contributed by atoms with Gasteiger partial charge in [0.1, 0.15) is 11.5 Å². The van der Waals surface area contributed by atoms with Gasteiger partial charge in [-0.05, 0) is 49.8 Å². The third-order valence-electron chi connectivity index (χ3n) is 5.04. The molecular weight excluding hydrogens is 340 g/mol. The molecular formula is C21H26N4O2. The van der Waals surface area contributed by atoms with Crippen LogP contribution in [0.25, 0.3) is 11.5 Å². The highest BCUT2D eigenvalue weighted by atomic mass is 16.5. The van der Waals surface area contributed by atoms with E-state index in [2.05, 4.69) is 29.0 Å². The second kappa shape index (κ2) is 7.94. The Hall–Kier alpha value is -2.63. The first-order chi connectivity index (χ1) is 13.3. The van der Waals surface area contributed by atoms with Gasteiger partial charge in [-0.25, -0.2) is 15.0 Å². The molecule has 1 fully saturated rings. The first-order valence-electron chi connectivity index (χ1n) is 9.77. The van der Waals surface area contributed by atoms with Crippen LogP contribution in [0.4, 0.5) is 0 Å². The van der Waals surface area contributed by atoms with Crippen molar-refractivity contribution in [3.05, 3.63) is 42.1 Å². The molecule has 0 aromatic heterocycles. The van der Waals surface area contributed by atoms with E-state index in [1.165, 1.54) is 12.8 Å². The maximum atomic E-state index is 6.22. The zero-order valence-corrected chi connectivity index (χ0v) is 16.0. The smallest absolute Gasteiger partial charge is 0.163 e. The number of imidazole rings is 1. The summed E-state index contributed by atoms with van der Waals surface area (Å²) in [6.45, 7) is 2.80. The predicted octanol–water partition coefficient (Wildman–Crippen LogP) is 4.11. The normalized spacial score (nSPS) is 14.7. The highest BCUT2D eigenvalue weighted by Crippen LogP contribution is 2.33. The van der Waals surface area contributed by atoms with Gasteiger partial charge in [0, 0.05) is 6.42 Å². The Labute approximate surface area is 159 Å². The molecule has 0 unspecified atom stereocenters. The summed E-state index contributed by atoms with van der Waals surface area (Å²) in [4.78, 5) is 13.6. The van der Waals surface area contributed by atoms with Crippen molar-refractivity contribution in [2.45, 2.75) is 58.1 Å². The summed E-state index contributed by atoms with van der Waals surface area (Å²) in [7, 11) is 1.69. The Balaban J connectivity index is 1.59. The largest absolute Gasteiger partial charge is 0.493 e. The summed E-state index contributed by atoms with van der Waals surface area (Å²) in [5, 5.41) is 0. The van der Waals surface area contributed by atoms with Crippen LogP contribution in [-0.4, -0.2) is 32.7 Å². The van der Waals surface area contributed by atoms with E-state index in [-0.39, 0.29) is 0 Å². The lowest BCUT2D eigenvalue weighted by Crippen LogP contribution is -2.12. The van der Waals surface area contributed by atoms with E-state index in [0.717, 1.165) is 60.1 Å². The Bertz CT molecular complexity index is 871. The van der Waals surface area contributed by atoms with Crippen LogP contribution in [0, 0.1) is 0 Å². The van der Waals surface area contributed by atoms with Gasteiger partial charge >= 0.3 is 0 Å². The second-order valence-corrected chi connectivity index (χ2v) is 7.13. The van der Waals surface area contributed by atoms with Crippen LogP contribution < -0.4 is 9.47 Å². The maximum Gasteiger partial charge on any atom is 0.163 e. The lowest BCUT2D eigenvalue weighted by atomic mass is 10.2. The number of nitrogens with zero attached hydrogens (tertiary/aromatic N) is 4. The number of aromatic nitrogens is 4. The van der Waals surface area contributed by atoms with E-state index >= 15 is 0 Å². The average molecular weight is 366 g/mol. The number of benzene rings is 1. The molecule has 0 radical (unpaired) electrons. The van der Waals surface area contributed by atoms with Gasteiger partial charge in [0.05, 0.1) is 32.3 Å². The minimum absolute atomic E-state index is 0.296. The molecule has 0 spiro atoms. The molecule has 0 amide bonds. The van der Waals surface area contributed by atoms with Gasteiger partial charge in [0.2, 0.25) is 0 Å². The van der Waals surface area contributed by atoms with E-state index in [4.69, 9.17) is 14.5 Å². The van der Waals surface area contributed by atoms with Gasteiger partial charge in [0.25, 0.3) is 0 Å². The van der Waals surface area contributed by atoms with Gasteiger partial charge < -0.3 is 14.0 Å². The average Bonchev–Trinajstić information content (AvgIpc) is 3.32. The van der Waals surface area contributed by atoms with Gasteiger partial charge in [-0.1, -0.05) is 13.0 Å². The summed E-state index contributed by atoms with van der Waals surface area (Å²) in [6.07, 6.45) is 10.5. The SMILES string of the molecule is CCCc1nc2cncn(Cc3ccc(OC)c(OC4CCCC4)c3)c-2n1. The molecule has 1 aromatic carbocycles. The Morgan fingerprint density at radius 3 is 2.78 bits per heavy atom. The number of methoxy groups -OCH3 is 1. The topological polar surface area (TPSA) is 62.1 Å². The first kappa shape index (κ1) is 17.8. The van der Waals surface area contributed by atoms with Crippen molar-refractivity contribution in [2.24, 2.45) is 0 Å². The van der Waals surface area contributed by atoms with Gasteiger partial charge in [-0.15, -0.1) is 0 Å². The summed E-state index contributed by atoms with van der Waals surface area (Å²) in [5.74, 6) is 3.37. The minimum Gasteiger partial charge on any atom is -0.493 e. The third kappa shape index (κ3) is 3.89. The van der Waals surface area contributed by atoms with Crippen molar-refractivity contribution in [2.75, 3.05) is 7.11 Å². The molecule has 0 atom stereocenters. The molecule has 4 rings (SSSR count). The van der Waals surface area contributed by atoms with E-state index in [9.17, 15) is 0 Å². The molecule has 0 saturated heterocycles. The van der Waals surface area contributed by atoms with Crippen molar-refractivity contribution in [1.82, 2.24) is 19.5 Å². The number of aryl methyl sites for hydroxylation is 1. The molecule has 6 nitrogen and oxygen atoms in total. The van der Waals surface area contributed by atoms with Crippen molar-refractivity contribution in [3.8, 4) is 23.0 Å². The number of hydrogen-bond donors (Lipinski definition) is 0. The van der Waals surface area contributed by atoms with E-state index < -0.39 is 0 Å². The lowest BCUT2D eigenvalue weighted by molar-refractivity contribution is 0.200. The molecule has 3 aliphatic rings. The van der Waals surface area contributed by atoms with Crippen LogP contribution >= 0.6 is 0 Å². The molecule has 0 bridgehead atoms. The van der Waals surface area contributed by atoms with Crippen LogP contribution in [-0.2, 0) is 13.0 Å². The van der Waals surface area contributed by atoms with Crippen molar-refractivity contribution >= 4 is 0 Å². The lowest BCUT2D eigenvalue weighted by Gasteiger charge is -2.17. The van der Waals surface area contributed by atoms with Gasteiger partial charge in [-0.3, -0.25) is 0 Å². The molecule has 142 valence electrons. The summed E-state index contributed by atoms with van der Waals surface area (Å²) < 4.78 is 13.8. The Kier molecular flexibility index (Phi) is 5.23. The third-order valence-corrected chi connectivity index (χ3v) is 5.04. The van der Waals surface area contributed by atoms with E-state index in [0.29, 0.717) is 12.6 Å². The summed E-state index contributed by atoms with van der Waals surface area (Å²) in [5.41, 5.74) is 1.97. The fraction of sp³-hybridized carbons (Fsp3) is 0.476. The number of ether oxygens (including phenoxy) is 2. The molecule has 1 aromatic rings. The molecule has 1 aliphatic carbocycles. The molecule has 2 aliphatic heterocycles. The van der Waals surface area contributed by atoms with Crippen molar-refractivity contribution < 1.29 is 9.47 Å².